The summed E-state index contributed by atoms with van der Waals surface area (Å²) in [5, 5.41) is 14.5. The highest BCUT2D eigenvalue weighted by Crippen LogP contribution is 2.14. The molecule has 0 aliphatic carbocycles. The number of aryl methyl sites for hydroxylation is 1. The van der Waals surface area contributed by atoms with Gasteiger partial charge in [-0.1, -0.05) is 29.8 Å². The van der Waals surface area contributed by atoms with Gasteiger partial charge < -0.3 is 4.74 Å². The summed E-state index contributed by atoms with van der Waals surface area (Å²) in [6.07, 6.45) is 1.51. The van der Waals surface area contributed by atoms with Gasteiger partial charge in [0.05, 0.1) is 11.1 Å². The molecule has 7 nitrogen and oxygen atoms in total. The molecule has 1 N–H and O–H groups in total. The number of hydrazone groups is 1. The van der Waals surface area contributed by atoms with E-state index in [1.54, 1.807) is 0 Å². The summed E-state index contributed by atoms with van der Waals surface area (Å²) in [7, 11) is 0. The van der Waals surface area contributed by atoms with Crippen molar-refractivity contribution in [1.29, 1.82) is 0 Å². The Kier molecular flexibility index (Phi) is 6.32. The molecule has 0 spiro atoms. The van der Waals surface area contributed by atoms with Crippen LogP contribution in [0.15, 0.2) is 77.9 Å². The summed E-state index contributed by atoms with van der Waals surface area (Å²) in [4.78, 5) is 22.1. The molecule has 0 aromatic heterocycles. The summed E-state index contributed by atoms with van der Waals surface area (Å²) >= 11 is 0. The number of nitrogens with zero attached hydrogens (tertiary/aromatic N) is 2. The molecule has 7 heteroatoms. The third-order valence-electron chi connectivity index (χ3n) is 4.13. The Balaban J connectivity index is 1.50. The summed E-state index contributed by atoms with van der Waals surface area (Å²) < 4.78 is 5.75. The van der Waals surface area contributed by atoms with Crippen LogP contribution >= 0.6 is 0 Å². The maximum absolute atomic E-state index is 12.0. The van der Waals surface area contributed by atoms with Crippen molar-refractivity contribution in [3.8, 4) is 5.75 Å². The average Bonchev–Trinajstić information content (AvgIpc) is 2.74. The van der Waals surface area contributed by atoms with Crippen molar-refractivity contribution < 1.29 is 14.5 Å². The van der Waals surface area contributed by atoms with Gasteiger partial charge in [0, 0.05) is 17.7 Å². The minimum Gasteiger partial charge on any atom is -0.489 e. The molecule has 3 aromatic rings. The molecule has 0 fully saturated rings. The van der Waals surface area contributed by atoms with Gasteiger partial charge in [-0.25, -0.2) is 5.43 Å². The molecule has 0 unspecified atom stereocenters. The minimum absolute atomic E-state index is 0.0743. The van der Waals surface area contributed by atoms with Gasteiger partial charge >= 0.3 is 0 Å². The van der Waals surface area contributed by atoms with Crippen molar-refractivity contribution in [3.05, 3.63) is 105 Å². The van der Waals surface area contributed by atoms with E-state index in [0.717, 1.165) is 16.9 Å². The quantitative estimate of drug-likeness (QED) is 0.371. The van der Waals surface area contributed by atoms with E-state index in [1.807, 2.05) is 55.5 Å². The zero-order valence-electron chi connectivity index (χ0n) is 15.7. The molecule has 3 aromatic carbocycles. The second-order valence-corrected chi connectivity index (χ2v) is 6.35. The number of hydrogen-bond donors (Lipinski definition) is 1. The Labute approximate surface area is 167 Å². The monoisotopic (exact) mass is 389 g/mol. The van der Waals surface area contributed by atoms with Crippen molar-refractivity contribution in [3.63, 3.8) is 0 Å². The molecule has 3 rings (SSSR count). The van der Waals surface area contributed by atoms with Crippen molar-refractivity contribution in [2.45, 2.75) is 13.5 Å². The lowest BCUT2D eigenvalue weighted by Crippen LogP contribution is -2.17. The molecule has 0 atom stereocenters. The molecule has 0 saturated carbocycles. The summed E-state index contributed by atoms with van der Waals surface area (Å²) in [6.45, 7) is 2.53. The number of benzene rings is 3. The molecule has 0 saturated heterocycles. The van der Waals surface area contributed by atoms with Gasteiger partial charge in [-0.15, -0.1) is 0 Å². The molecule has 29 heavy (non-hydrogen) atoms. The largest absolute Gasteiger partial charge is 0.489 e. The molecule has 0 bridgehead atoms. The third-order valence-corrected chi connectivity index (χ3v) is 4.13. The second-order valence-electron chi connectivity index (χ2n) is 6.35. The smallest absolute Gasteiger partial charge is 0.271 e. The van der Waals surface area contributed by atoms with Crippen molar-refractivity contribution in [2.75, 3.05) is 0 Å². The molecule has 146 valence electrons. The van der Waals surface area contributed by atoms with Gasteiger partial charge in [-0.2, -0.15) is 5.10 Å². The maximum atomic E-state index is 12.0. The first kappa shape index (κ1) is 19.8. The zero-order valence-corrected chi connectivity index (χ0v) is 15.7. The van der Waals surface area contributed by atoms with Gasteiger partial charge in [0.15, 0.2) is 0 Å². The normalized spacial score (nSPS) is 10.7. The van der Waals surface area contributed by atoms with Crippen molar-refractivity contribution in [1.82, 2.24) is 5.43 Å². The van der Waals surface area contributed by atoms with E-state index in [0.29, 0.717) is 6.61 Å². The van der Waals surface area contributed by atoms with Crippen LogP contribution in [0.4, 0.5) is 5.69 Å². The number of nitro benzene ring substituents is 1. The fourth-order valence-electron chi connectivity index (χ4n) is 2.47. The second kappa shape index (κ2) is 9.27. The number of nitro groups is 1. The zero-order chi connectivity index (χ0) is 20.6. The molecule has 1 amide bonds. The van der Waals surface area contributed by atoms with Crippen LogP contribution in [-0.2, 0) is 6.61 Å². The Morgan fingerprint density at radius 3 is 2.31 bits per heavy atom. The lowest BCUT2D eigenvalue weighted by Gasteiger charge is -2.06. The molecule has 0 aliphatic heterocycles. The highest BCUT2D eigenvalue weighted by atomic mass is 16.6. The van der Waals surface area contributed by atoms with E-state index in [4.69, 9.17) is 4.74 Å². The fourth-order valence-corrected chi connectivity index (χ4v) is 2.47. The number of nitrogens with one attached hydrogen (secondary N) is 1. The fraction of sp³-hybridized carbons (Fsp3) is 0.0909. The highest BCUT2D eigenvalue weighted by Gasteiger charge is 2.08. The number of carbonyl (C=O) groups excluding carboxylic acids is 1. The Morgan fingerprint density at radius 1 is 1.03 bits per heavy atom. The summed E-state index contributed by atoms with van der Waals surface area (Å²) in [5.74, 6) is 0.284. The van der Waals surface area contributed by atoms with E-state index >= 15 is 0 Å². The van der Waals surface area contributed by atoms with E-state index < -0.39 is 10.8 Å². The van der Waals surface area contributed by atoms with Crippen LogP contribution in [0, 0.1) is 17.0 Å². The van der Waals surface area contributed by atoms with Crippen LogP contribution in [0.2, 0.25) is 0 Å². The molecular formula is C22H19N3O4. The van der Waals surface area contributed by atoms with Gasteiger partial charge in [0.25, 0.3) is 11.6 Å². The van der Waals surface area contributed by atoms with Gasteiger partial charge in [-0.3, -0.25) is 14.9 Å². The molecule has 0 heterocycles. The van der Waals surface area contributed by atoms with E-state index in [-0.39, 0.29) is 11.3 Å². The lowest BCUT2D eigenvalue weighted by molar-refractivity contribution is -0.384. The van der Waals surface area contributed by atoms with Crippen LogP contribution in [-0.4, -0.2) is 17.0 Å². The molecule has 0 radical (unpaired) electrons. The summed E-state index contributed by atoms with van der Waals surface area (Å²) in [5.41, 5.74) is 5.69. The standard InChI is InChI=1S/C22H19N3O4/c1-16-2-4-18(5-3-16)15-29-21-12-6-17(7-13-21)14-23-24-22(26)19-8-10-20(11-9-19)25(27)28/h2-14H,15H2,1H3,(H,24,26)/b23-14+. The van der Waals surface area contributed by atoms with Gasteiger partial charge in [-0.05, 0) is 54.4 Å². The number of rotatable bonds is 7. The Hall–Kier alpha value is -4.00. The first-order valence-electron chi connectivity index (χ1n) is 8.87. The number of hydrogen-bond acceptors (Lipinski definition) is 5. The van der Waals surface area contributed by atoms with E-state index in [2.05, 4.69) is 10.5 Å². The number of non-ortho nitro benzene ring substituents is 1. The third kappa shape index (κ3) is 5.74. The predicted molar refractivity (Wildman–Crippen MR) is 110 cm³/mol. The topological polar surface area (TPSA) is 93.8 Å². The van der Waals surface area contributed by atoms with Crippen molar-refractivity contribution in [2.24, 2.45) is 5.10 Å². The lowest BCUT2D eigenvalue weighted by atomic mass is 10.2. The van der Waals surface area contributed by atoms with Crippen LogP contribution in [0.25, 0.3) is 0 Å². The molecular weight excluding hydrogens is 370 g/mol. The minimum atomic E-state index is -0.520. The Bertz CT molecular complexity index is 1010. The highest BCUT2D eigenvalue weighted by molar-refractivity contribution is 5.95. The van der Waals surface area contributed by atoms with Crippen LogP contribution < -0.4 is 10.2 Å². The van der Waals surface area contributed by atoms with Crippen LogP contribution in [0.5, 0.6) is 5.75 Å². The average molecular weight is 389 g/mol. The molecule has 0 aliphatic rings. The first-order valence-corrected chi connectivity index (χ1v) is 8.87. The summed E-state index contributed by atoms with van der Waals surface area (Å²) in [6, 6.07) is 20.8. The van der Waals surface area contributed by atoms with Crippen LogP contribution in [0.3, 0.4) is 0 Å². The number of carbonyl (C=O) groups is 1. The maximum Gasteiger partial charge on any atom is 0.271 e. The Morgan fingerprint density at radius 2 is 1.69 bits per heavy atom. The van der Waals surface area contributed by atoms with E-state index in [1.165, 1.54) is 36.0 Å². The predicted octanol–water partition coefficient (Wildman–Crippen LogP) is 4.25. The number of ether oxygens (including phenoxy) is 1. The van der Waals surface area contributed by atoms with Gasteiger partial charge in [0.1, 0.15) is 12.4 Å². The SMILES string of the molecule is Cc1ccc(COc2ccc(/C=N/NC(=O)c3ccc([N+](=O)[O-])cc3)cc2)cc1. The number of amides is 1. The van der Waals surface area contributed by atoms with Crippen molar-refractivity contribution >= 4 is 17.8 Å². The van der Waals surface area contributed by atoms with E-state index in [9.17, 15) is 14.9 Å². The van der Waals surface area contributed by atoms with Crippen LogP contribution in [0.1, 0.15) is 27.0 Å². The van der Waals surface area contributed by atoms with Gasteiger partial charge in [0.2, 0.25) is 0 Å². The first-order chi connectivity index (χ1) is 14.0.